The SMILES string of the molecule is CCCC[C@H](N)C(=O)NCC(=O)N1CCCCC1. The zero-order chi connectivity index (χ0) is 13.4. The van der Waals surface area contributed by atoms with E-state index in [1.807, 2.05) is 4.90 Å². The molecule has 18 heavy (non-hydrogen) atoms. The Morgan fingerprint density at radius 1 is 1.28 bits per heavy atom. The third kappa shape index (κ3) is 5.04. The lowest BCUT2D eigenvalue weighted by atomic mass is 10.1. The summed E-state index contributed by atoms with van der Waals surface area (Å²) in [7, 11) is 0. The van der Waals surface area contributed by atoms with Crippen LogP contribution in [0.1, 0.15) is 45.4 Å². The molecule has 0 saturated carbocycles. The molecule has 1 aliphatic heterocycles. The number of piperidine rings is 1. The van der Waals surface area contributed by atoms with Crippen LogP contribution in [0.15, 0.2) is 0 Å². The average Bonchev–Trinajstić information content (AvgIpc) is 2.42. The fraction of sp³-hybridized carbons (Fsp3) is 0.846. The van der Waals surface area contributed by atoms with E-state index in [9.17, 15) is 9.59 Å². The van der Waals surface area contributed by atoms with Crippen molar-refractivity contribution in [3.8, 4) is 0 Å². The van der Waals surface area contributed by atoms with Gasteiger partial charge in [-0.15, -0.1) is 0 Å². The largest absolute Gasteiger partial charge is 0.346 e. The summed E-state index contributed by atoms with van der Waals surface area (Å²) in [5.41, 5.74) is 5.73. The minimum Gasteiger partial charge on any atom is -0.346 e. The zero-order valence-electron chi connectivity index (χ0n) is 11.3. The number of nitrogens with zero attached hydrogens (tertiary/aromatic N) is 1. The maximum absolute atomic E-state index is 11.8. The van der Waals surface area contributed by atoms with E-state index in [4.69, 9.17) is 5.73 Å². The summed E-state index contributed by atoms with van der Waals surface area (Å²) in [5, 5.41) is 2.63. The molecule has 1 rings (SSSR count). The van der Waals surface area contributed by atoms with E-state index < -0.39 is 6.04 Å². The molecular formula is C13H25N3O2. The first-order chi connectivity index (χ1) is 8.65. The second-order valence-corrected chi connectivity index (χ2v) is 4.91. The van der Waals surface area contributed by atoms with Crippen molar-refractivity contribution >= 4 is 11.8 Å². The van der Waals surface area contributed by atoms with Gasteiger partial charge in [0.15, 0.2) is 0 Å². The molecular weight excluding hydrogens is 230 g/mol. The number of carbonyl (C=O) groups excluding carboxylic acids is 2. The van der Waals surface area contributed by atoms with Crippen molar-refractivity contribution in [2.24, 2.45) is 5.73 Å². The van der Waals surface area contributed by atoms with Crippen molar-refractivity contribution in [3.05, 3.63) is 0 Å². The Kier molecular flexibility index (Phi) is 6.72. The van der Waals surface area contributed by atoms with Crippen molar-refractivity contribution in [3.63, 3.8) is 0 Å². The number of nitrogens with two attached hydrogens (primary N) is 1. The molecule has 104 valence electrons. The molecule has 1 aliphatic rings. The molecule has 0 unspecified atom stereocenters. The molecule has 0 aromatic heterocycles. The number of rotatable bonds is 6. The first-order valence-electron chi connectivity index (χ1n) is 6.96. The standard InChI is InChI=1S/C13H25N3O2/c1-2-3-7-11(14)13(18)15-10-12(17)16-8-5-4-6-9-16/h11H,2-10,14H2,1H3,(H,15,18)/t11-/m0/s1. The van der Waals surface area contributed by atoms with Crippen molar-refractivity contribution < 1.29 is 9.59 Å². The third-order valence-electron chi connectivity index (χ3n) is 3.33. The van der Waals surface area contributed by atoms with Gasteiger partial charge in [0, 0.05) is 13.1 Å². The predicted octanol–water partition coefficient (Wildman–Crippen LogP) is 0.633. The highest BCUT2D eigenvalue weighted by atomic mass is 16.2. The minimum absolute atomic E-state index is 0.00532. The van der Waals surface area contributed by atoms with Gasteiger partial charge in [0.05, 0.1) is 12.6 Å². The van der Waals surface area contributed by atoms with Gasteiger partial charge < -0.3 is 16.0 Å². The molecule has 0 aromatic carbocycles. The third-order valence-corrected chi connectivity index (χ3v) is 3.33. The second kappa shape index (κ2) is 8.08. The van der Waals surface area contributed by atoms with Crippen molar-refractivity contribution in [1.82, 2.24) is 10.2 Å². The van der Waals surface area contributed by atoms with Crippen LogP contribution >= 0.6 is 0 Å². The quantitative estimate of drug-likeness (QED) is 0.731. The maximum atomic E-state index is 11.8. The Labute approximate surface area is 109 Å². The molecule has 1 atom stereocenters. The smallest absolute Gasteiger partial charge is 0.241 e. The molecule has 1 heterocycles. The number of unbranched alkanes of at least 4 members (excludes halogenated alkanes) is 1. The lowest BCUT2D eigenvalue weighted by molar-refractivity contribution is -0.133. The van der Waals surface area contributed by atoms with Gasteiger partial charge in [-0.3, -0.25) is 9.59 Å². The Hall–Kier alpha value is -1.10. The minimum atomic E-state index is -0.487. The topological polar surface area (TPSA) is 75.4 Å². The average molecular weight is 255 g/mol. The zero-order valence-corrected chi connectivity index (χ0v) is 11.3. The summed E-state index contributed by atoms with van der Waals surface area (Å²) < 4.78 is 0. The van der Waals surface area contributed by atoms with Gasteiger partial charge in [-0.2, -0.15) is 0 Å². The molecule has 0 spiro atoms. The molecule has 0 radical (unpaired) electrons. The van der Waals surface area contributed by atoms with Crippen LogP contribution in [0.4, 0.5) is 0 Å². The summed E-state index contributed by atoms with van der Waals surface area (Å²) in [4.78, 5) is 25.3. The number of carbonyl (C=O) groups is 2. The fourth-order valence-corrected chi connectivity index (χ4v) is 2.10. The second-order valence-electron chi connectivity index (χ2n) is 4.91. The van der Waals surface area contributed by atoms with Crippen LogP contribution in [-0.2, 0) is 9.59 Å². The summed E-state index contributed by atoms with van der Waals surface area (Å²) >= 11 is 0. The van der Waals surface area contributed by atoms with Crippen LogP contribution in [-0.4, -0.2) is 42.4 Å². The Bertz CT molecular complexity index is 275. The molecule has 2 amide bonds. The van der Waals surface area contributed by atoms with E-state index in [1.165, 1.54) is 6.42 Å². The highest BCUT2D eigenvalue weighted by Crippen LogP contribution is 2.08. The van der Waals surface area contributed by atoms with Crippen molar-refractivity contribution in [1.29, 1.82) is 0 Å². The van der Waals surface area contributed by atoms with E-state index in [-0.39, 0.29) is 18.4 Å². The van der Waals surface area contributed by atoms with Gasteiger partial charge in [0.1, 0.15) is 0 Å². The van der Waals surface area contributed by atoms with E-state index in [2.05, 4.69) is 12.2 Å². The Morgan fingerprint density at radius 2 is 1.94 bits per heavy atom. The number of hydrogen-bond acceptors (Lipinski definition) is 3. The van der Waals surface area contributed by atoms with Gasteiger partial charge in [-0.05, 0) is 25.7 Å². The molecule has 3 N–H and O–H groups in total. The Balaban J connectivity index is 2.22. The summed E-state index contributed by atoms with van der Waals surface area (Å²) in [5.74, 6) is -0.209. The lowest BCUT2D eigenvalue weighted by Crippen LogP contribution is -2.47. The highest BCUT2D eigenvalue weighted by Gasteiger charge is 2.18. The summed E-state index contributed by atoms with van der Waals surface area (Å²) in [6.45, 7) is 3.77. The number of nitrogens with one attached hydrogen (secondary N) is 1. The van der Waals surface area contributed by atoms with Gasteiger partial charge >= 0.3 is 0 Å². The number of likely N-dealkylation sites (tertiary alicyclic amines) is 1. The summed E-state index contributed by atoms with van der Waals surface area (Å²) in [6.07, 6.45) is 5.96. The summed E-state index contributed by atoms with van der Waals surface area (Å²) in [6, 6.07) is -0.487. The van der Waals surface area contributed by atoms with Crippen LogP contribution < -0.4 is 11.1 Å². The molecule has 5 heteroatoms. The van der Waals surface area contributed by atoms with E-state index in [1.54, 1.807) is 0 Å². The van der Waals surface area contributed by atoms with Crippen LogP contribution in [0.25, 0.3) is 0 Å². The van der Waals surface area contributed by atoms with Crippen LogP contribution in [0.3, 0.4) is 0 Å². The van der Waals surface area contributed by atoms with Crippen LogP contribution in [0.5, 0.6) is 0 Å². The van der Waals surface area contributed by atoms with Gasteiger partial charge in [0.25, 0.3) is 0 Å². The first-order valence-corrected chi connectivity index (χ1v) is 6.96. The van der Waals surface area contributed by atoms with Crippen LogP contribution in [0.2, 0.25) is 0 Å². The van der Waals surface area contributed by atoms with Crippen LogP contribution in [0, 0.1) is 0 Å². The number of hydrogen-bond donors (Lipinski definition) is 2. The van der Waals surface area contributed by atoms with Crippen molar-refractivity contribution in [2.75, 3.05) is 19.6 Å². The van der Waals surface area contributed by atoms with E-state index in [0.29, 0.717) is 6.42 Å². The monoisotopic (exact) mass is 255 g/mol. The van der Waals surface area contributed by atoms with E-state index in [0.717, 1.165) is 38.8 Å². The molecule has 0 aliphatic carbocycles. The lowest BCUT2D eigenvalue weighted by Gasteiger charge is -2.26. The molecule has 1 saturated heterocycles. The van der Waals surface area contributed by atoms with Gasteiger partial charge in [0.2, 0.25) is 11.8 Å². The predicted molar refractivity (Wildman–Crippen MR) is 70.9 cm³/mol. The normalized spacial score (nSPS) is 17.3. The van der Waals surface area contributed by atoms with E-state index >= 15 is 0 Å². The fourth-order valence-electron chi connectivity index (χ4n) is 2.10. The number of amides is 2. The van der Waals surface area contributed by atoms with Gasteiger partial charge in [-0.1, -0.05) is 19.8 Å². The Morgan fingerprint density at radius 3 is 2.56 bits per heavy atom. The maximum Gasteiger partial charge on any atom is 0.241 e. The molecule has 0 bridgehead atoms. The highest BCUT2D eigenvalue weighted by molar-refractivity contribution is 5.87. The van der Waals surface area contributed by atoms with Crippen molar-refractivity contribution in [2.45, 2.75) is 51.5 Å². The molecule has 5 nitrogen and oxygen atoms in total. The van der Waals surface area contributed by atoms with Gasteiger partial charge in [-0.25, -0.2) is 0 Å². The molecule has 0 aromatic rings. The molecule has 1 fully saturated rings. The first kappa shape index (κ1) is 15.0.